The predicted molar refractivity (Wildman–Crippen MR) is 126 cm³/mol. The summed E-state index contributed by atoms with van der Waals surface area (Å²) in [6, 6.07) is 15.6. The van der Waals surface area contributed by atoms with Gasteiger partial charge in [0.1, 0.15) is 6.04 Å². The molecule has 2 aromatic rings. The van der Waals surface area contributed by atoms with Crippen molar-refractivity contribution < 1.29 is 19.1 Å². The van der Waals surface area contributed by atoms with E-state index >= 15 is 0 Å². The summed E-state index contributed by atoms with van der Waals surface area (Å²) in [4.78, 5) is 39.7. The molecule has 0 unspecified atom stereocenters. The molecule has 32 heavy (non-hydrogen) atoms. The summed E-state index contributed by atoms with van der Waals surface area (Å²) < 4.78 is 6.02. The van der Waals surface area contributed by atoms with Gasteiger partial charge in [0.25, 0.3) is 0 Å². The Hall–Kier alpha value is -2.87. The number of benzene rings is 2. The van der Waals surface area contributed by atoms with Crippen LogP contribution in [0, 0.1) is 5.92 Å². The topological polar surface area (TPSA) is 87.7 Å². The summed E-state index contributed by atoms with van der Waals surface area (Å²) in [5.74, 6) is -0.533. The minimum atomic E-state index is -0.716. The lowest BCUT2D eigenvalue weighted by Gasteiger charge is -2.33. The van der Waals surface area contributed by atoms with Crippen LogP contribution in [0.2, 0.25) is 0 Å². The van der Waals surface area contributed by atoms with Crippen LogP contribution in [0.4, 0.5) is 10.5 Å². The van der Waals surface area contributed by atoms with Gasteiger partial charge in [0.2, 0.25) is 5.91 Å². The van der Waals surface area contributed by atoms with Crippen LogP contribution in [0.25, 0.3) is 0 Å². The first-order valence-corrected chi connectivity index (χ1v) is 11.6. The smallest absolute Gasteiger partial charge is 0.319 e. The van der Waals surface area contributed by atoms with Crippen molar-refractivity contribution >= 4 is 39.5 Å². The number of halogens is 1. The van der Waals surface area contributed by atoms with Crippen molar-refractivity contribution in [2.45, 2.75) is 32.2 Å². The minimum absolute atomic E-state index is 0.151. The molecule has 0 radical (unpaired) electrons. The molecule has 1 fully saturated rings. The molecule has 1 aliphatic heterocycles. The molecule has 2 aromatic carbocycles. The number of amides is 3. The fourth-order valence-corrected chi connectivity index (χ4v) is 3.99. The van der Waals surface area contributed by atoms with Crippen molar-refractivity contribution in [3.05, 3.63) is 64.6 Å². The van der Waals surface area contributed by atoms with Gasteiger partial charge in [-0.3, -0.25) is 9.59 Å². The van der Waals surface area contributed by atoms with Crippen LogP contribution >= 0.6 is 15.9 Å². The number of carbonyl (C=O) groups excluding carboxylic acids is 3. The highest BCUT2D eigenvalue weighted by atomic mass is 79.9. The van der Waals surface area contributed by atoms with Crippen LogP contribution in [-0.4, -0.2) is 48.5 Å². The van der Waals surface area contributed by atoms with Gasteiger partial charge in [-0.1, -0.05) is 46.3 Å². The largest absolute Gasteiger partial charge is 0.466 e. The Balaban J connectivity index is 1.65. The lowest BCUT2D eigenvalue weighted by Crippen LogP contribution is -2.53. The van der Waals surface area contributed by atoms with Crippen LogP contribution in [-0.2, 0) is 20.7 Å². The first-order chi connectivity index (χ1) is 15.5. The molecule has 2 N–H and O–H groups in total. The van der Waals surface area contributed by atoms with E-state index in [4.69, 9.17) is 4.74 Å². The third-order valence-corrected chi connectivity index (χ3v) is 5.94. The van der Waals surface area contributed by atoms with E-state index in [-0.39, 0.29) is 17.8 Å². The fraction of sp³-hybridized carbons (Fsp3) is 0.375. The molecule has 3 rings (SSSR count). The summed E-state index contributed by atoms with van der Waals surface area (Å²) in [5.41, 5.74) is 1.59. The number of nitrogens with one attached hydrogen (secondary N) is 2. The number of esters is 1. The molecule has 7 nitrogen and oxygen atoms in total. The number of urea groups is 1. The zero-order valence-corrected chi connectivity index (χ0v) is 19.6. The molecule has 170 valence electrons. The first kappa shape index (κ1) is 23.8. The van der Waals surface area contributed by atoms with Crippen LogP contribution in [0.3, 0.4) is 0 Å². The molecule has 0 bridgehead atoms. The first-order valence-electron chi connectivity index (χ1n) is 10.8. The van der Waals surface area contributed by atoms with E-state index in [9.17, 15) is 14.4 Å². The number of likely N-dealkylation sites (tertiary alicyclic amines) is 1. The monoisotopic (exact) mass is 501 g/mol. The van der Waals surface area contributed by atoms with E-state index in [0.29, 0.717) is 44.6 Å². The summed E-state index contributed by atoms with van der Waals surface area (Å²) in [6.07, 6.45) is 1.51. The van der Waals surface area contributed by atoms with Crippen molar-refractivity contribution in [1.29, 1.82) is 0 Å². The van der Waals surface area contributed by atoms with Gasteiger partial charge in [0.15, 0.2) is 0 Å². The second kappa shape index (κ2) is 11.7. The number of rotatable bonds is 7. The molecule has 1 saturated heterocycles. The number of carbonyl (C=O) groups is 3. The maximum atomic E-state index is 13.3. The summed E-state index contributed by atoms with van der Waals surface area (Å²) in [7, 11) is 0. The van der Waals surface area contributed by atoms with E-state index in [1.54, 1.807) is 24.0 Å². The van der Waals surface area contributed by atoms with Gasteiger partial charge in [0.05, 0.1) is 12.5 Å². The van der Waals surface area contributed by atoms with Crippen LogP contribution in [0.5, 0.6) is 0 Å². The third-order valence-electron chi connectivity index (χ3n) is 5.41. The van der Waals surface area contributed by atoms with Crippen LogP contribution < -0.4 is 10.6 Å². The Bertz CT molecular complexity index is 913. The van der Waals surface area contributed by atoms with E-state index in [0.717, 1.165) is 10.0 Å². The van der Waals surface area contributed by atoms with Gasteiger partial charge in [-0.05, 0) is 49.6 Å². The van der Waals surface area contributed by atoms with Gasteiger partial charge in [0, 0.05) is 29.7 Å². The standard InChI is InChI=1S/C24H28BrN3O4/c1-2-32-23(30)18-12-14-28(15-13-18)22(29)21(16-17-6-4-3-5-7-17)27-24(31)26-20-10-8-19(25)9-11-20/h3-11,18,21H,2,12-16H2,1H3,(H2,26,27,31)/t21-/m0/s1. The van der Waals surface area contributed by atoms with Crippen molar-refractivity contribution in [1.82, 2.24) is 10.2 Å². The average Bonchev–Trinajstić information content (AvgIpc) is 2.80. The third kappa shape index (κ3) is 6.82. The number of ether oxygens (including phenoxy) is 1. The van der Waals surface area contributed by atoms with Gasteiger partial charge in [-0.15, -0.1) is 0 Å². The van der Waals surface area contributed by atoms with Crippen molar-refractivity contribution in [2.75, 3.05) is 25.0 Å². The molecule has 8 heteroatoms. The molecule has 3 amide bonds. The van der Waals surface area contributed by atoms with E-state index in [1.807, 2.05) is 42.5 Å². The van der Waals surface area contributed by atoms with E-state index in [2.05, 4.69) is 26.6 Å². The average molecular weight is 502 g/mol. The Morgan fingerprint density at radius 3 is 2.34 bits per heavy atom. The number of piperidine rings is 1. The summed E-state index contributed by atoms with van der Waals surface area (Å²) >= 11 is 3.37. The van der Waals surface area contributed by atoms with Crippen LogP contribution in [0.1, 0.15) is 25.3 Å². The molecule has 1 atom stereocenters. The Labute approximate surface area is 196 Å². The highest BCUT2D eigenvalue weighted by Crippen LogP contribution is 2.20. The molecular weight excluding hydrogens is 474 g/mol. The molecule has 0 aromatic heterocycles. The highest BCUT2D eigenvalue weighted by molar-refractivity contribution is 9.10. The lowest BCUT2D eigenvalue weighted by molar-refractivity contribution is -0.151. The molecule has 0 aliphatic carbocycles. The fourth-order valence-electron chi connectivity index (χ4n) is 3.72. The lowest BCUT2D eigenvalue weighted by atomic mass is 9.96. The Morgan fingerprint density at radius 1 is 1.06 bits per heavy atom. The van der Waals surface area contributed by atoms with Gasteiger partial charge < -0.3 is 20.3 Å². The van der Waals surface area contributed by atoms with Crippen molar-refractivity contribution in [2.24, 2.45) is 5.92 Å². The predicted octanol–water partition coefficient (Wildman–Crippen LogP) is 3.98. The molecule has 1 heterocycles. The number of anilines is 1. The quantitative estimate of drug-likeness (QED) is 0.561. The SMILES string of the molecule is CCOC(=O)C1CCN(C(=O)[C@H](Cc2ccccc2)NC(=O)Nc2ccc(Br)cc2)CC1. The maximum absolute atomic E-state index is 13.3. The second-order valence-electron chi connectivity index (χ2n) is 7.70. The normalized spacial score (nSPS) is 15.0. The molecule has 0 saturated carbocycles. The van der Waals surface area contributed by atoms with Gasteiger partial charge >= 0.3 is 12.0 Å². The Morgan fingerprint density at radius 2 is 1.72 bits per heavy atom. The van der Waals surface area contributed by atoms with Gasteiger partial charge in [-0.25, -0.2) is 4.79 Å². The molecule has 1 aliphatic rings. The van der Waals surface area contributed by atoms with Crippen LogP contribution in [0.15, 0.2) is 59.1 Å². The second-order valence-corrected chi connectivity index (χ2v) is 8.61. The summed E-state index contributed by atoms with van der Waals surface area (Å²) in [6.45, 7) is 3.07. The zero-order chi connectivity index (χ0) is 22.9. The van der Waals surface area contributed by atoms with Crippen molar-refractivity contribution in [3.63, 3.8) is 0 Å². The van der Waals surface area contributed by atoms with Gasteiger partial charge in [-0.2, -0.15) is 0 Å². The Kier molecular flexibility index (Phi) is 8.67. The van der Waals surface area contributed by atoms with E-state index in [1.165, 1.54) is 0 Å². The maximum Gasteiger partial charge on any atom is 0.319 e. The van der Waals surface area contributed by atoms with E-state index < -0.39 is 12.1 Å². The number of nitrogens with zero attached hydrogens (tertiary/aromatic N) is 1. The summed E-state index contributed by atoms with van der Waals surface area (Å²) in [5, 5.41) is 5.61. The molecule has 0 spiro atoms. The number of hydrogen-bond acceptors (Lipinski definition) is 4. The minimum Gasteiger partial charge on any atom is -0.466 e. The van der Waals surface area contributed by atoms with Crippen molar-refractivity contribution in [3.8, 4) is 0 Å². The number of hydrogen-bond donors (Lipinski definition) is 2. The zero-order valence-electron chi connectivity index (χ0n) is 18.1. The molecular formula is C24H28BrN3O4. The highest BCUT2D eigenvalue weighted by Gasteiger charge is 2.32.